The number of aliphatic hydroxyl groups excluding tert-OH is 1. The maximum Gasteiger partial charge on any atom is 0.494 e. The van der Waals surface area contributed by atoms with Crippen LogP contribution in [-0.4, -0.2) is 56.3 Å². The van der Waals surface area contributed by atoms with Crippen LogP contribution in [0.5, 0.6) is 5.75 Å². The van der Waals surface area contributed by atoms with Crippen molar-refractivity contribution >= 4 is 13.1 Å². The van der Waals surface area contributed by atoms with Gasteiger partial charge in [0.25, 0.3) is 0 Å². The quantitative estimate of drug-likeness (QED) is 0.314. The van der Waals surface area contributed by atoms with Crippen LogP contribution in [0, 0.1) is 0 Å². The number of benzene rings is 1. The van der Waals surface area contributed by atoms with E-state index in [0.717, 1.165) is 11.0 Å². The molecular weight excluding hydrogens is 411 g/mol. The third-order valence-corrected chi connectivity index (χ3v) is 5.71. The van der Waals surface area contributed by atoms with E-state index in [2.05, 4.69) is 6.58 Å². The predicted molar refractivity (Wildman–Crippen MR) is 123 cm³/mol. The molecule has 7 nitrogen and oxygen atoms in total. The molecule has 1 saturated heterocycles. The predicted octanol–water partition coefficient (Wildman–Crippen LogP) is 3.81. The van der Waals surface area contributed by atoms with Gasteiger partial charge in [0.05, 0.1) is 24.4 Å². The summed E-state index contributed by atoms with van der Waals surface area (Å²) in [5.41, 5.74) is 1.15. The molecule has 8 heteroatoms. The van der Waals surface area contributed by atoms with Crippen molar-refractivity contribution in [2.75, 3.05) is 26.9 Å². The van der Waals surface area contributed by atoms with E-state index < -0.39 is 30.4 Å². The number of ether oxygens (including phenoxy) is 3. The zero-order valence-electron chi connectivity index (χ0n) is 20.0. The summed E-state index contributed by atoms with van der Waals surface area (Å²) in [6.07, 6.45) is 1.66. The summed E-state index contributed by atoms with van der Waals surface area (Å²) in [5, 5.41) is 9.13. The van der Waals surface area contributed by atoms with Gasteiger partial charge in [-0.3, -0.25) is 4.79 Å². The topological polar surface area (TPSA) is 83.5 Å². The summed E-state index contributed by atoms with van der Waals surface area (Å²) < 4.78 is 29.0. The number of para-hydroxylation sites is 1. The van der Waals surface area contributed by atoms with Crippen molar-refractivity contribution in [3.63, 3.8) is 0 Å². The second-order valence-electron chi connectivity index (χ2n) is 8.73. The highest BCUT2D eigenvalue weighted by Crippen LogP contribution is 2.40. The molecule has 2 rings (SSSR count). The Morgan fingerprint density at radius 2 is 1.84 bits per heavy atom. The minimum atomic E-state index is -0.624. The zero-order chi connectivity index (χ0) is 23.9. The van der Waals surface area contributed by atoms with E-state index in [9.17, 15) is 4.79 Å². The minimum absolute atomic E-state index is 0.116. The van der Waals surface area contributed by atoms with E-state index in [-0.39, 0.29) is 13.2 Å². The van der Waals surface area contributed by atoms with Crippen LogP contribution >= 0.6 is 0 Å². The molecular formula is C24H35BO7. The standard InChI is InChI=1S/C24H35BO7/c1-17(16-28-7)20(25-31-23(3,4)24(5,6)32-25)12-13-22(30-18(2)27)19-10-8-9-11-21(19)29-15-14-26/h8-12,22,26H,1,13-16H2,2-7H3/b20-12-/t22-/m1/s1. The second-order valence-corrected chi connectivity index (χ2v) is 8.73. The average molecular weight is 446 g/mol. The van der Waals surface area contributed by atoms with Crippen molar-refractivity contribution in [2.24, 2.45) is 0 Å². The van der Waals surface area contributed by atoms with Crippen molar-refractivity contribution in [3.05, 3.63) is 53.5 Å². The van der Waals surface area contributed by atoms with Crippen LogP contribution in [0.4, 0.5) is 0 Å². The highest BCUT2D eigenvalue weighted by molar-refractivity contribution is 6.56. The van der Waals surface area contributed by atoms with Gasteiger partial charge < -0.3 is 28.6 Å². The smallest absolute Gasteiger partial charge is 0.491 e. The highest BCUT2D eigenvalue weighted by Gasteiger charge is 2.52. The highest BCUT2D eigenvalue weighted by atomic mass is 16.7. The van der Waals surface area contributed by atoms with Gasteiger partial charge in [-0.15, -0.1) is 0 Å². The summed E-state index contributed by atoms with van der Waals surface area (Å²) >= 11 is 0. The van der Waals surface area contributed by atoms with Crippen LogP contribution in [0.1, 0.15) is 52.7 Å². The molecule has 1 atom stereocenters. The van der Waals surface area contributed by atoms with Gasteiger partial charge in [0.1, 0.15) is 18.5 Å². The number of hydrogen-bond acceptors (Lipinski definition) is 7. The van der Waals surface area contributed by atoms with Crippen LogP contribution in [0.15, 0.2) is 48.0 Å². The number of carbonyl (C=O) groups excluding carboxylic acids is 1. The van der Waals surface area contributed by atoms with Crippen molar-refractivity contribution in [3.8, 4) is 5.75 Å². The van der Waals surface area contributed by atoms with Crippen molar-refractivity contribution in [1.82, 2.24) is 0 Å². The lowest BCUT2D eigenvalue weighted by Crippen LogP contribution is -2.41. The fourth-order valence-electron chi connectivity index (χ4n) is 3.34. The van der Waals surface area contributed by atoms with E-state index in [1.807, 2.05) is 52.0 Å². The van der Waals surface area contributed by atoms with Gasteiger partial charge in [-0.1, -0.05) is 30.9 Å². The molecule has 0 amide bonds. The molecule has 1 aliphatic heterocycles. The number of hydrogen-bond donors (Lipinski definition) is 1. The summed E-state index contributed by atoms with van der Waals surface area (Å²) in [6.45, 7) is 13.8. The first-order valence-electron chi connectivity index (χ1n) is 10.7. The first-order valence-corrected chi connectivity index (χ1v) is 10.7. The molecule has 1 aliphatic rings. The van der Waals surface area contributed by atoms with E-state index in [1.165, 1.54) is 6.92 Å². The lowest BCUT2D eigenvalue weighted by atomic mass is 9.73. The molecule has 0 bridgehead atoms. The Balaban J connectivity index is 2.38. The second kappa shape index (κ2) is 11.1. The average Bonchev–Trinajstić information content (AvgIpc) is 2.92. The van der Waals surface area contributed by atoms with E-state index in [4.69, 9.17) is 28.6 Å². The summed E-state index contributed by atoms with van der Waals surface area (Å²) in [4.78, 5) is 11.8. The first-order chi connectivity index (χ1) is 15.0. The molecule has 0 spiro atoms. The summed E-state index contributed by atoms with van der Waals surface area (Å²) in [7, 11) is 0.977. The fraction of sp³-hybridized carbons (Fsp3) is 0.542. The lowest BCUT2D eigenvalue weighted by Gasteiger charge is -2.32. The molecule has 32 heavy (non-hydrogen) atoms. The monoisotopic (exact) mass is 446 g/mol. The largest absolute Gasteiger partial charge is 0.494 e. The van der Waals surface area contributed by atoms with Gasteiger partial charge in [-0.05, 0) is 44.8 Å². The van der Waals surface area contributed by atoms with Crippen LogP contribution < -0.4 is 4.74 Å². The lowest BCUT2D eigenvalue weighted by molar-refractivity contribution is -0.146. The van der Waals surface area contributed by atoms with E-state index >= 15 is 0 Å². The molecule has 1 aromatic carbocycles. The molecule has 0 aromatic heterocycles. The molecule has 1 N–H and O–H groups in total. The van der Waals surface area contributed by atoms with Gasteiger partial charge in [0.15, 0.2) is 0 Å². The number of rotatable bonds is 11. The molecule has 0 aliphatic carbocycles. The minimum Gasteiger partial charge on any atom is -0.491 e. The van der Waals surface area contributed by atoms with Crippen molar-refractivity contribution in [2.45, 2.75) is 58.3 Å². The van der Waals surface area contributed by atoms with Crippen molar-refractivity contribution in [1.29, 1.82) is 0 Å². The van der Waals surface area contributed by atoms with E-state index in [1.54, 1.807) is 13.2 Å². The Kier molecular flexibility index (Phi) is 9.10. The summed E-state index contributed by atoms with van der Waals surface area (Å²) in [5.74, 6) is 0.141. The Morgan fingerprint density at radius 3 is 2.41 bits per heavy atom. The molecule has 1 aromatic rings. The zero-order valence-corrected chi connectivity index (χ0v) is 20.0. The van der Waals surface area contributed by atoms with Gasteiger partial charge >= 0.3 is 13.1 Å². The number of carbonyl (C=O) groups is 1. The molecule has 176 valence electrons. The van der Waals surface area contributed by atoms with Gasteiger partial charge in [-0.2, -0.15) is 0 Å². The normalized spacial score (nSPS) is 18.3. The van der Waals surface area contributed by atoms with Crippen LogP contribution in [0.25, 0.3) is 0 Å². The third kappa shape index (κ3) is 6.45. The molecule has 1 heterocycles. The van der Waals surface area contributed by atoms with Crippen LogP contribution in [-0.2, 0) is 23.6 Å². The van der Waals surface area contributed by atoms with Gasteiger partial charge in [-0.25, -0.2) is 0 Å². The molecule has 0 radical (unpaired) electrons. The summed E-state index contributed by atoms with van der Waals surface area (Å²) in [6, 6.07) is 7.30. The fourth-order valence-corrected chi connectivity index (χ4v) is 3.34. The number of methoxy groups -OCH3 is 1. The Labute approximate surface area is 191 Å². The van der Waals surface area contributed by atoms with Gasteiger partial charge in [0, 0.05) is 26.0 Å². The molecule has 0 unspecified atom stereocenters. The molecule has 0 saturated carbocycles. The first kappa shape index (κ1) is 26.1. The maximum atomic E-state index is 11.8. The van der Waals surface area contributed by atoms with Crippen LogP contribution in [0.3, 0.4) is 0 Å². The Hall–Kier alpha value is -2.13. The SMILES string of the molecule is C=C(COC)/C(=C/C[C@@H](OC(C)=O)c1ccccc1OCCO)B1OC(C)(C)C(C)(C)O1. The third-order valence-electron chi connectivity index (χ3n) is 5.71. The molecule has 1 fully saturated rings. The Bertz CT molecular complexity index is 815. The Morgan fingerprint density at radius 1 is 1.22 bits per heavy atom. The van der Waals surface area contributed by atoms with Crippen molar-refractivity contribution < 1.29 is 33.4 Å². The maximum absolute atomic E-state index is 11.8. The number of esters is 1. The van der Waals surface area contributed by atoms with Gasteiger partial charge in [0.2, 0.25) is 0 Å². The number of aliphatic hydroxyl groups is 1. The van der Waals surface area contributed by atoms with Crippen LogP contribution in [0.2, 0.25) is 0 Å². The van der Waals surface area contributed by atoms with E-state index in [0.29, 0.717) is 24.3 Å².